The molecule has 0 aliphatic carbocycles. The van der Waals surface area contributed by atoms with Gasteiger partial charge in [0.1, 0.15) is 0 Å². The van der Waals surface area contributed by atoms with Crippen LogP contribution in [0.3, 0.4) is 0 Å². The summed E-state index contributed by atoms with van der Waals surface area (Å²) in [5.41, 5.74) is 9.27. The molecule has 39 heavy (non-hydrogen) atoms. The number of anilines is 4. The van der Waals surface area contributed by atoms with Crippen molar-refractivity contribution in [3.8, 4) is 0 Å². The van der Waals surface area contributed by atoms with Gasteiger partial charge >= 0.3 is 0 Å². The van der Waals surface area contributed by atoms with Crippen molar-refractivity contribution in [1.29, 1.82) is 0 Å². The van der Waals surface area contributed by atoms with Crippen molar-refractivity contribution < 1.29 is 19.4 Å². The number of amides is 1. The van der Waals surface area contributed by atoms with E-state index in [0.29, 0.717) is 70.5 Å². The summed E-state index contributed by atoms with van der Waals surface area (Å²) in [7, 11) is 0. The first-order valence-corrected chi connectivity index (χ1v) is 12.9. The van der Waals surface area contributed by atoms with Crippen molar-refractivity contribution in [2.45, 2.75) is 19.9 Å². The Morgan fingerprint density at radius 1 is 0.821 bits per heavy atom. The second-order valence-electron chi connectivity index (χ2n) is 8.66. The van der Waals surface area contributed by atoms with Crippen LogP contribution in [-0.4, -0.2) is 78.6 Å². The van der Waals surface area contributed by atoms with Gasteiger partial charge in [0, 0.05) is 31.9 Å². The molecule has 2 aromatic carbocycles. The molecule has 1 aromatic heterocycles. The van der Waals surface area contributed by atoms with Crippen molar-refractivity contribution in [3.05, 3.63) is 65.2 Å². The standard InChI is InChI=1S/C27H38N8O4/c1-20-2-4-22(5-3-20)19-31-26-33-25(30-11-13-36)34-27(35-26)32-23-8-6-21(7-9-23)18-24(37)29-12-15-39-17-16-38-14-10-28/h2-9,36H,10-19,28H2,1H3,(H,29,37)(H3,30,31,32,33,34,35). The number of benzene rings is 2. The molecule has 3 aromatic rings. The Balaban J connectivity index is 1.50. The maximum atomic E-state index is 12.2. The summed E-state index contributed by atoms with van der Waals surface area (Å²) < 4.78 is 10.6. The zero-order valence-electron chi connectivity index (χ0n) is 22.3. The molecule has 0 aliphatic rings. The van der Waals surface area contributed by atoms with E-state index in [1.165, 1.54) is 5.56 Å². The summed E-state index contributed by atoms with van der Waals surface area (Å²) in [5.74, 6) is 0.998. The van der Waals surface area contributed by atoms with Gasteiger partial charge in [-0.1, -0.05) is 42.0 Å². The number of aryl methyl sites for hydroxylation is 1. The van der Waals surface area contributed by atoms with Gasteiger partial charge in [0.2, 0.25) is 23.8 Å². The molecule has 1 amide bonds. The lowest BCUT2D eigenvalue weighted by Crippen LogP contribution is -2.29. The Hall–Kier alpha value is -3.84. The Kier molecular flexibility index (Phi) is 12.9. The van der Waals surface area contributed by atoms with Gasteiger partial charge < -0.3 is 41.6 Å². The van der Waals surface area contributed by atoms with Crippen LogP contribution < -0.4 is 27.0 Å². The number of aliphatic hydroxyl groups is 1. The third-order valence-electron chi connectivity index (χ3n) is 5.38. The van der Waals surface area contributed by atoms with E-state index in [1.54, 1.807) is 0 Å². The van der Waals surface area contributed by atoms with Crippen molar-refractivity contribution in [3.63, 3.8) is 0 Å². The monoisotopic (exact) mass is 538 g/mol. The number of nitrogens with two attached hydrogens (primary N) is 1. The van der Waals surface area contributed by atoms with Gasteiger partial charge in [-0.3, -0.25) is 4.79 Å². The number of nitrogens with one attached hydrogen (secondary N) is 4. The third kappa shape index (κ3) is 11.6. The number of ether oxygens (including phenoxy) is 2. The second-order valence-corrected chi connectivity index (χ2v) is 8.66. The minimum atomic E-state index is -0.0833. The molecule has 12 heteroatoms. The highest BCUT2D eigenvalue weighted by molar-refractivity contribution is 5.78. The molecule has 0 unspecified atom stereocenters. The van der Waals surface area contributed by atoms with Gasteiger partial charge in [0.25, 0.3) is 0 Å². The predicted octanol–water partition coefficient (Wildman–Crippen LogP) is 1.59. The van der Waals surface area contributed by atoms with E-state index < -0.39 is 0 Å². The van der Waals surface area contributed by atoms with Crippen LogP contribution in [0.25, 0.3) is 0 Å². The number of nitrogens with zero attached hydrogens (tertiary/aromatic N) is 3. The summed E-state index contributed by atoms with van der Waals surface area (Å²) in [5, 5.41) is 21.4. The summed E-state index contributed by atoms with van der Waals surface area (Å²) >= 11 is 0. The van der Waals surface area contributed by atoms with Crippen LogP contribution in [0.5, 0.6) is 0 Å². The fraction of sp³-hybridized carbons (Fsp3) is 0.407. The van der Waals surface area contributed by atoms with E-state index in [2.05, 4.69) is 48.4 Å². The van der Waals surface area contributed by atoms with Crippen LogP contribution >= 0.6 is 0 Å². The number of rotatable bonds is 18. The second kappa shape index (κ2) is 16.9. The Labute approximate surface area is 228 Å². The minimum Gasteiger partial charge on any atom is -0.395 e. The van der Waals surface area contributed by atoms with E-state index >= 15 is 0 Å². The number of aliphatic hydroxyl groups excluding tert-OH is 1. The van der Waals surface area contributed by atoms with Crippen molar-refractivity contribution >= 4 is 29.4 Å². The van der Waals surface area contributed by atoms with Crippen molar-refractivity contribution in [2.75, 3.05) is 68.6 Å². The van der Waals surface area contributed by atoms with E-state index in [9.17, 15) is 4.79 Å². The smallest absolute Gasteiger partial charge is 0.233 e. The third-order valence-corrected chi connectivity index (χ3v) is 5.38. The van der Waals surface area contributed by atoms with Gasteiger partial charge in [0.05, 0.1) is 39.5 Å². The van der Waals surface area contributed by atoms with Gasteiger partial charge in [0.15, 0.2) is 0 Å². The topological polar surface area (TPSA) is 169 Å². The van der Waals surface area contributed by atoms with Crippen LogP contribution in [0.2, 0.25) is 0 Å². The number of carbonyl (C=O) groups excluding carboxylic acids is 1. The highest BCUT2D eigenvalue weighted by Crippen LogP contribution is 2.17. The average molecular weight is 539 g/mol. The maximum absolute atomic E-state index is 12.2. The Morgan fingerprint density at radius 3 is 2.15 bits per heavy atom. The lowest BCUT2D eigenvalue weighted by Gasteiger charge is -2.12. The van der Waals surface area contributed by atoms with E-state index in [4.69, 9.17) is 20.3 Å². The quantitative estimate of drug-likeness (QED) is 0.130. The van der Waals surface area contributed by atoms with Gasteiger partial charge in [-0.25, -0.2) is 0 Å². The largest absolute Gasteiger partial charge is 0.395 e. The molecule has 0 saturated carbocycles. The van der Waals surface area contributed by atoms with E-state index in [0.717, 1.165) is 16.8 Å². The Morgan fingerprint density at radius 2 is 1.46 bits per heavy atom. The van der Waals surface area contributed by atoms with Crippen LogP contribution in [-0.2, 0) is 27.2 Å². The van der Waals surface area contributed by atoms with Crippen molar-refractivity contribution in [1.82, 2.24) is 20.3 Å². The van der Waals surface area contributed by atoms with Crippen LogP contribution in [0.15, 0.2) is 48.5 Å². The minimum absolute atomic E-state index is 0.0488. The molecular weight excluding hydrogens is 500 g/mol. The molecule has 7 N–H and O–H groups in total. The van der Waals surface area contributed by atoms with Crippen molar-refractivity contribution in [2.24, 2.45) is 5.73 Å². The van der Waals surface area contributed by atoms with Crippen LogP contribution in [0.1, 0.15) is 16.7 Å². The summed E-state index contributed by atoms with van der Waals surface area (Å²) in [4.78, 5) is 25.5. The molecule has 0 fully saturated rings. The summed E-state index contributed by atoms with van der Waals surface area (Å²) in [6.07, 6.45) is 0.258. The fourth-order valence-electron chi connectivity index (χ4n) is 3.40. The molecule has 210 valence electrons. The first-order valence-electron chi connectivity index (χ1n) is 12.9. The molecule has 3 rings (SSSR count). The summed E-state index contributed by atoms with van der Waals surface area (Å²) in [6.45, 7) is 5.67. The highest BCUT2D eigenvalue weighted by Gasteiger charge is 2.08. The number of hydrogen-bond donors (Lipinski definition) is 6. The number of aromatic nitrogens is 3. The molecule has 0 radical (unpaired) electrons. The predicted molar refractivity (Wildman–Crippen MR) is 151 cm³/mol. The molecule has 0 bridgehead atoms. The molecular formula is C27H38N8O4. The zero-order valence-corrected chi connectivity index (χ0v) is 22.3. The SMILES string of the molecule is Cc1ccc(CNc2nc(NCCO)nc(Nc3ccc(CC(=O)NCCOCCOCCN)cc3)n2)cc1. The van der Waals surface area contributed by atoms with E-state index in [1.807, 2.05) is 43.3 Å². The van der Waals surface area contributed by atoms with Crippen LogP contribution in [0, 0.1) is 6.92 Å². The van der Waals surface area contributed by atoms with Gasteiger partial charge in [-0.15, -0.1) is 0 Å². The first-order chi connectivity index (χ1) is 19.1. The number of hydrogen-bond acceptors (Lipinski definition) is 11. The molecule has 0 spiro atoms. The lowest BCUT2D eigenvalue weighted by molar-refractivity contribution is -0.120. The molecule has 1 heterocycles. The first kappa shape index (κ1) is 29.7. The van der Waals surface area contributed by atoms with Gasteiger partial charge in [-0.05, 0) is 30.2 Å². The zero-order chi connectivity index (χ0) is 27.7. The molecule has 12 nitrogen and oxygen atoms in total. The number of carbonyl (C=O) groups is 1. The molecule has 0 atom stereocenters. The van der Waals surface area contributed by atoms with Gasteiger partial charge in [-0.2, -0.15) is 15.0 Å². The maximum Gasteiger partial charge on any atom is 0.233 e. The van der Waals surface area contributed by atoms with Crippen LogP contribution in [0.4, 0.5) is 23.5 Å². The Bertz CT molecular complexity index is 1130. The molecule has 0 aliphatic heterocycles. The van der Waals surface area contributed by atoms with E-state index in [-0.39, 0.29) is 18.9 Å². The fourth-order valence-corrected chi connectivity index (χ4v) is 3.40. The normalized spacial score (nSPS) is 10.7. The lowest BCUT2D eigenvalue weighted by atomic mass is 10.1. The molecule has 0 saturated heterocycles. The summed E-state index contributed by atoms with van der Waals surface area (Å²) in [6, 6.07) is 15.7. The average Bonchev–Trinajstić information content (AvgIpc) is 2.94. The highest BCUT2D eigenvalue weighted by atomic mass is 16.5.